The quantitative estimate of drug-likeness (QED) is 0.163. The molecule has 3 aromatic carbocycles. The number of benzene rings is 3. The van der Waals surface area contributed by atoms with E-state index in [2.05, 4.69) is 85.2 Å². The second kappa shape index (κ2) is 17.3. The molecular formula is C39H41IrN3OSi. The normalized spacial score (nSPS) is 10.6. The topological polar surface area (TPSA) is 47.9 Å². The molecule has 6 rings (SSSR count). The summed E-state index contributed by atoms with van der Waals surface area (Å²) in [6.07, 6.45) is 5.43. The van der Waals surface area contributed by atoms with Crippen molar-refractivity contribution < 1.29 is 24.5 Å². The summed E-state index contributed by atoms with van der Waals surface area (Å²) in [4.78, 5) is 12.9. The van der Waals surface area contributed by atoms with Crippen LogP contribution >= 0.6 is 0 Å². The van der Waals surface area contributed by atoms with E-state index in [1.165, 1.54) is 0 Å². The van der Waals surface area contributed by atoms with Gasteiger partial charge in [0.05, 0.1) is 17.1 Å². The molecule has 3 aromatic heterocycles. The molecule has 0 saturated carbocycles. The Balaban J connectivity index is 0.000000191. The molecule has 0 amide bonds. The van der Waals surface area contributed by atoms with Crippen LogP contribution in [-0.4, -0.2) is 23.3 Å². The standard InChI is InChI=1S/C17H23NOSi.2C11H9N.Ir/c1-17(2,3)20(4,5)19-15-10-8-9-14(13-15)16-11-6-7-12-18-16;2*1-2-6-10(7-3-1)11-8-4-5-9-12-11;/h6-13H,1-5H3;2*1-9H;. The Morgan fingerprint density at radius 1 is 0.467 bits per heavy atom. The van der Waals surface area contributed by atoms with Gasteiger partial charge in [0.1, 0.15) is 5.75 Å². The van der Waals surface area contributed by atoms with Gasteiger partial charge in [-0.3, -0.25) is 15.0 Å². The van der Waals surface area contributed by atoms with Crippen LogP contribution in [0.2, 0.25) is 18.1 Å². The minimum atomic E-state index is -1.79. The van der Waals surface area contributed by atoms with Crippen molar-refractivity contribution in [2.75, 3.05) is 0 Å². The monoisotopic (exact) mass is 788 g/mol. The fourth-order valence-electron chi connectivity index (χ4n) is 3.99. The Kier molecular flexibility index (Phi) is 13.6. The number of hydrogen-bond donors (Lipinski definition) is 0. The predicted molar refractivity (Wildman–Crippen MR) is 187 cm³/mol. The molecule has 0 aliphatic heterocycles. The first kappa shape index (κ1) is 35.3. The zero-order valence-electron chi connectivity index (χ0n) is 26.6. The van der Waals surface area contributed by atoms with Crippen molar-refractivity contribution in [3.8, 4) is 39.5 Å². The minimum absolute atomic E-state index is 0. The Bertz CT molecular complexity index is 1510. The molecule has 0 spiro atoms. The average Bonchev–Trinajstić information content (AvgIpc) is 3.07. The second-order valence-corrected chi connectivity index (χ2v) is 16.5. The second-order valence-electron chi connectivity index (χ2n) is 11.8. The van der Waals surface area contributed by atoms with Crippen LogP contribution in [0.4, 0.5) is 0 Å². The first-order chi connectivity index (χ1) is 21.2. The summed E-state index contributed by atoms with van der Waals surface area (Å²) in [5.74, 6) is 0.944. The van der Waals surface area contributed by atoms with E-state index in [0.29, 0.717) is 0 Å². The molecule has 45 heavy (non-hydrogen) atoms. The van der Waals surface area contributed by atoms with Crippen molar-refractivity contribution >= 4 is 8.32 Å². The van der Waals surface area contributed by atoms with E-state index in [1.807, 2.05) is 122 Å². The maximum absolute atomic E-state index is 6.34. The van der Waals surface area contributed by atoms with E-state index in [4.69, 9.17) is 4.43 Å². The van der Waals surface area contributed by atoms with Gasteiger partial charge in [0, 0.05) is 55.4 Å². The van der Waals surface area contributed by atoms with Gasteiger partial charge in [-0.1, -0.05) is 112 Å². The molecule has 4 nitrogen and oxygen atoms in total. The predicted octanol–water partition coefficient (Wildman–Crippen LogP) is 10.6. The molecule has 0 aliphatic carbocycles. The molecule has 0 saturated heterocycles. The third kappa shape index (κ3) is 11.0. The van der Waals surface area contributed by atoms with E-state index in [-0.39, 0.29) is 25.1 Å². The number of hydrogen-bond acceptors (Lipinski definition) is 4. The number of aromatic nitrogens is 3. The van der Waals surface area contributed by atoms with Gasteiger partial charge in [-0.25, -0.2) is 0 Å². The van der Waals surface area contributed by atoms with Crippen molar-refractivity contribution in [3.05, 3.63) is 158 Å². The van der Waals surface area contributed by atoms with Gasteiger partial charge < -0.3 is 4.43 Å². The molecule has 0 bridgehead atoms. The van der Waals surface area contributed by atoms with Crippen molar-refractivity contribution in [1.29, 1.82) is 0 Å². The molecule has 6 heteroatoms. The number of rotatable bonds is 5. The van der Waals surface area contributed by atoms with Crippen molar-refractivity contribution in [1.82, 2.24) is 15.0 Å². The number of pyridine rings is 3. The van der Waals surface area contributed by atoms with Gasteiger partial charge in [-0.2, -0.15) is 0 Å². The molecule has 0 fully saturated rings. The Morgan fingerprint density at radius 3 is 1.22 bits per heavy atom. The van der Waals surface area contributed by atoms with Gasteiger partial charge >= 0.3 is 0 Å². The maximum Gasteiger partial charge on any atom is 0.250 e. The van der Waals surface area contributed by atoms with Gasteiger partial charge in [-0.05, 0) is 66.7 Å². The molecule has 0 aliphatic rings. The smallest absolute Gasteiger partial charge is 0.250 e. The van der Waals surface area contributed by atoms with Crippen LogP contribution in [0.3, 0.4) is 0 Å². The third-order valence-electron chi connectivity index (χ3n) is 7.44. The SMILES string of the molecule is CC(C)(C)[Si](C)(C)Oc1cccc(-c2ccccn2)c1.[Ir].c1ccc(-c2ccccn2)cc1.c1ccc(-c2ccccn2)cc1. The van der Waals surface area contributed by atoms with Crippen LogP contribution in [-0.2, 0) is 20.1 Å². The number of nitrogens with zero attached hydrogens (tertiary/aromatic N) is 3. The van der Waals surface area contributed by atoms with Crippen molar-refractivity contribution in [2.45, 2.75) is 38.9 Å². The summed E-state index contributed by atoms with van der Waals surface area (Å²) < 4.78 is 6.34. The van der Waals surface area contributed by atoms with Crippen LogP contribution in [0.15, 0.2) is 158 Å². The van der Waals surface area contributed by atoms with Crippen molar-refractivity contribution in [2.24, 2.45) is 0 Å². The van der Waals surface area contributed by atoms with Gasteiger partial charge in [0.2, 0.25) is 8.32 Å². The van der Waals surface area contributed by atoms with E-state index >= 15 is 0 Å². The summed E-state index contributed by atoms with van der Waals surface area (Å²) in [7, 11) is -1.79. The van der Waals surface area contributed by atoms with Crippen LogP contribution in [0.5, 0.6) is 5.75 Å². The van der Waals surface area contributed by atoms with Gasteiger partial charge in [0.25, 0.3) is 0 Å². The van der Waals surface area contributed by atoms with Crippen LogP contribution in [0.1, 0.15) is 20.8 Å². The fraction of sp³-hybridized carbons (Fsp3) is 0.154. The zero-order valence-corrected chi connectivity index (χ0v) is 30.0. The Hall–Kier alpha value is -4.22. The molecule has 231 valence electrons. The zero-order chi connectivity index (χ0) is 31.3. The van der Waals surface area contributed by atoms with E-state index in [0.717, 1.165) is 39.5 Å². The van der Waals surface area contributed by atoms with E-state index in [9.17, 15) is 0 Å². The van der Waals surface area contributed by atoms with Gasteiger partial charge in [-0.15, -0.1) is 0 Å². The van der Waals surface area contributed by atoms with Crippen LogP contribution in [0.25, 0.3) is 33.8 Å². The molecule has 0 atom stereocenters. The fourth-order valence-corrected chi connectivity index (χ4v) is 5.01. The molecule has 6 aromatic rings. The molecule has 1 radical (unpaired) electrons. The molecular weight excluding hydrogens is 747 g/mol. The Labute approximate surface area is 283 Å². The summed E-state index contributed by atoms with van der Waals surface area (Å²) in [6, 6.07) is 46.3. The largest absolute Gasteiger partial charge is 0.543 e. The molecule has 3 heterocycles. The summed E-state index contributed by atoms with van der Waals surface area (Å²) in [6.45, 7) is 11.3. The van der Waals surface area contributed by atoms with Crippen LogP contribution < -0.4 is 4.43 Å². The van der Waals surface area contributed by atoms with E-state index in [1.54, 1.807) is 0 Å². The Morgan fingerprint density at radius 2 is 0.844 bits per heavy atom. The maximum atomic E-state index is 6.34. The summed E-state index contributed by atoms with van der Waals surface area (Å²) in [5, 5.41) is 0.202. The van der Waals surface area contributed by atoms with Gasteiger partial charge in [0.15, 0.2) is 0 Å². The van der Waals surface area contributed by atoms with E-state index < -0.39 is 8.32 Å². The molecule has 0 unspecified atom stereocenters. The first-order valence-electron chi connectivity index (χ1n) is 14.9. The third-order valence-corrected chi connectivity index (χ3v) is 11.8. The first-order valence-corrected chi connectivity index (χ1v) is 17.8. The summed E-state index contributed by atoms with van der Waals surface area (Å²) in [5.41, 5.74) is 6.46. The molecule has 0 N–H and O–H groups in total. The minimum Gasteiger partial charge on any atom is -0.543 e. The average molecular weight is 788 g/mol. The van der Waals surface area contributed by atoms with Crippen molar-refractivity contribution in [3.63, 3.8) is 0 Å². The van der Waals surface area contributed by atoms with Crippen LogP contribution in [0, 0.1) is 0 Å². The summed E-state index contributed by atoms with van der Waals surface area (Å²) >= 11 is 0.